The van der Waals surface area contributed by atoms with Crippen molar-refractivity contribution in [2.45, 2.75) is 31.9 Å². The number of alkyl halides is 3. The van der Waals surface area contributed by atoms with E-state index in [1.54, 1.807) is 0 Å². The molecule has 0 aliphatic heterocycles. The number of aliphatic carboxylic acids is 2. The van der Waals surface area contributed by atoms with Crippen LogP contribution in [-0.2, 0) is 15.8 Å². The molecule has 2 atom stereocenters. The van der Waals surface area contributed by atoms with E-state index in [0.717, 1.165) is 25.0 Å². The second-order valence-electron chi connectivity index (χ2n) is 7.05. The Morgan fingerprint density at radius 2 is 1.81 bits per heavy atom. The summed E-state index contributed by atoms with van der Waals surface area (Å²) in [5, 5.41) is 19.4. The van der Waals surface area contributed by atoms with Crippen LogP contribution in [0.25, 0.3) is 0 Å². The van der Waals surface area contributed by atoms with Gasteiger partial charge in [0.25, 0.3) is 0 Å². The fourth-order valence-corrected chi connectivity index (χ4v) is 3.65. The highest BCUT2D eigenvalue weighted by molar-refractivity contribution is 5.93. The molecule has 0 saturated heterocycles. The molecular weight excluding hydrogens is 368 g/mol. The molecule has 27 heavy (non-hydrogen) atoms. The highest BCUT2D eigenvalue weighted by atomic mass is 19.4. The monoisotopic (exact) mass is 384 g/mol. The summed E-state index contributed by atoms with van der Waals surface area (Å²) < 4.78 is 54.5. The SMILES string of the molecule is CC1(C(=O)O)C=C(C2CC2)C=C(C(=O)O)C1c1cccc(F)c1C(F)(F)F. The third kappa shape index (κ3) is 3.24. The fourth-order valence-electron chi connectivity index (χ4n) is 3.65. The van der Waals surface area contributed by atoms with Gasteiger partial charge in [0.05, 0.1) is 11.0 Å². The second-order valence-corrected chi connectivity index (χ2v) is 7.05. The summed E-state index contributed by atoms with van der Waals surface area (Å²) >= 11 is 0. The predicted octanol–water partition coefficient (Wildman–Crippen LogP) is 4.38. The van der Waals surface area contributed by atoms with Crippen molar-refractivity contribution in [2.24, 2.45) is 11.3 Å². The van der Waals surface area contributed by atoms with Crippen LogP contribution in [0.5, 0.6) is 0 Å². The average molecular weight is 384 g/mol. The maximum absolute atomic E-state index is 14.0. The Labute approximate surface area is 151 Å². The molecule has 1 fully saturated rings. The Morgan fingerprint density at radius 1 is 1.19 bits per heavy atom. The molecule has 2 N–H and O–H groups in total. The molecule has 2 unspecified atom stereocenters. The number of carboxylic acids is 2. The van der Waals surface area contributed by atoms with Crippen molar-refractivity contribution in [3.8, 4) is 0 Å². The molecule has 0 bridgehead atoms. The van der Waals surface area contributed by atoms with E-state index in [4.69, 9.17) is 0 Å². The molecule has 1 aromatic rings. The van der Waals surface area contributed by atoms with E-state index in [1.807, 2.05) is 0 Å². The maximum Gasteiger partial charge on any atom is 0.419 e. The zero-order valence-corrected chi connectivity index (χ0v) is 14.2. The number of hydrogen-bond acceptors (Lipinski definition) is 2. The average Bonchev–Trinajstić information content (AvgIpc) is 3.37. The third-order valence-electron chi connectivity index (χ3n) is 5.10. The summed E-state index contributed by atoms with van der Waals surface area (Å²) in [6, 6.07) is 2.56. The van der Waals surface area contributed by atoms with Crippen LogP contribution >= 0.6 is 0 Å². The number of hydrogen-bond donors (Lipinski definition) is 2. The van der Waals surface area contributed by atoms with Crippen LogP contribution in [0.1, 0.15) is 36.8 Å². The molecule has 1 aromatic carbocycles. The quantitative estimate of drug-likeness (QED) is 0.756. The van der Waals surface area contributed by atoms with Crippen LogP contribution in [0.2, 0.25) is 0 Å². The van der Waals surface area contributed by atoms with Crippen LogP contribution in [0.15, 0.2) is 41.5 Å². The molecule has 0 amide bonds. The van der Waals surface area contributed by atoms with Crippen LogP contribution < -0.4 is 0 Å². The number of halogens is 4. The minimum Gasteiger partial charge on any atom is -0.481 e. The summed E-state index contributed by atoms with van der Waals surface area (Å²) in [5.74, 6) is -6.28. The molecule has 2 aliphatic rings. The van der Waals surface area contributed by atoms with Crippen LogP contribution in [0.4, 0.5) is 17.6 Å². The molecule has 2 aliphatic carbocycles. The van der Waals surface area contributed by atoms with E-state index in [-0.39, 0.29) is 5.92 Å². The van der Waals surface area contributed by atoms with Crippen molar-refractivity contribution in [3.05, 3.63) is 58.4 Å². The third-order valence-corrected chi connectivity index (χ3v) is 5.10. The Kier molecular flexibility index (Phi) is 4.40. The Bertz CT molecular complexity index is 880. The van der Waals surface area contributed by atoms with Crippen molar-refractivity contribution in [3.63, 3.8) is 0 Å². The van der Waals surface area contributed by atoms with Gasteiger partial charge in [-0.2, -0.15) is 13.2 Å². The number of rotatable bonds is 4. The first kappa shape index (κ1) is 19.1. The van der Waals surface area contributed by atoms with E-state index in [1.165, 1.54) is 19.1 Å². The number of carbonyl (C=O) groups is 2. The maximum atomic E-state index is 14.0. The lowest BCUT2D eigenvalue weighted by atomic mass is 9.64. The van der Waals surface area contributed by atoms with Gasteiger partial charge in [-0.1, -0.05) is 18.2 Å². The standard InChI is InChI=1S/C19H16F4O4/c1-18(17(26)27)8-10(9-5-6-9)7-12(16(24)25)14(18)11-3-2-4-13(20)15(11)19(21,22)23/h2-4,7-9,14H,5-6H2,1H3,(H,24,25)(H,26,27). The second kappa shape index (κ2) is 6.21. The van der Waals surface area contributed by atoms with Gasteiger partial charge in [0, 0.05) is 11.5 Å². The van der Waals surface area contributed by atoms with Gasteiger partial charge in [-0.25, -0.2) is 9.18 Å². The van der Waals surface area contributed by atoms with Gasteiger partial charge in [0.15, 0.2) is 0 Å². The summed E-state index contributed by atoms with van der Waals surface area (Å²) in [7, 11) is 0. The van der Waals surface area contributed by atoms with Crippen LogP contribution in [0.3, 0.4) is 0 Å². The number of benzene rings is 1. The molecule has 0 spiro atoms. The van der Waals surface area contributed by atoms with Crippen molar-refractivity contribution in [1.29, 1.82) is 0 Å². The van der Waals surface area contributed by atoms with Crippen molar-refractivity contribution in [1.82, 2.24) is 0 Å². The smallest absolute Gasteiger partial charge is 0.419 e. The molecule has 1 saturated carbocycles. The topological polar surface area (TPSA) is 74.6 Å². The van der Waals surface area contributed by atoms with Crippen molar-refractivity contribution < 1.29 is 37.4 Å². The van der Waals surface area contributed by atoms with Gasteiger partial charge < -0.3 is 10.2 Å². The van der Waals surface area contributed by atoms with E-state index in [0.29, 0.717) is 11.6 Å². The lowest BCUT2D eigenvalue weighted by Crippen LogP contribution is -2.39. The van der Waals surface area contributed by atoms with Crippen molar-refractivity contribution in [2.75, 3.05) is 0 Å². The van der Waals surface area contributed by atoms with Gasteiger partial charge >= 0.3 is 18.1 Å². The largest absolute Gasteiger partial charge is 0.481 e. The van der Waals surface area contributed by atoms with Gasteiger partial charge in [0.1, 0.15) is 5.82 Å². The first-order chi connectivity index (χ1) is 12.5. The fraction of sp³-hybridized carbons (Fsp3) is 0.368. The first-order valence-electron chi connectivity index (χ1n) is 8.23. The summed E-state index contributed by atoms with van der Waals surface area (Å²) in [6.45, 7) is 1.17. The lowest BCUT2D eigenvalue weighted by molar-refractivity contribution is -0.148. The molecule has 8 heteroatoms. The van der Waals surface area contributed by atoms with Gasteiger partial charge in [-0.05, 0) is 49.0 Å². The molecule has 0 radical (unpaired) electrons. The Hall–Kier alpha value is -2.64. The van der Waals surface area contributed by atoms with E-state index < -0.39 is 52.0 Å². The molecule has 144 valence electrons. The highest BCUT2D eigenvalue weighted by Gasteiger charge is 2.51. The van der Waals surface area contributed by atoms with E-state index in [9.17, 15) is 37.4 Å². The predicted molar refractivity (Wildman–Crippen MR) is 86.4 cm³/mol. The number of allylic oxidation sites excluding steroid dienone is 2. The lowest BCUT2D eigenvalue weighted by Gasteiger charge is -2.37. The van der Waals surface area contributed by atoms with Gasteiger partial charge in [-0.15, -0.1) is 0 Å². The summed E-state index contributed by atoms with van der Waals surface area (Å²) in [5.41, 5.74) is -4.31. The number of carboxylic acid groups (broad SMARTS) is 2. The highest BCUT2D eigenvalue weighted by Crippen LogP contribution is 2.53. The van der Waals surface area contributed by atoms with E-state index in [2.05, 4.69) is 0 Å². The zero-order chi connectivity index (χ0) is 20.1. The van der Waals surface area contributed by atoms with E-state index >= 15 is 0 Å². The van der Waals surface area contributed by atoms with Crippen molar-refractivity contribution >= 4 is 11.9 Å². The molecule has 0 aromatic heterocycles. The molecule has 3 rings (SSSR count). The minimum absolute atomic E-state index is 0.00595. The summed E-state index contributed by atoms with van der Waals surface area (Å²) in [4.78, 5) is 23.8. The molecule has 4 nitrogen and oxygen atoms in total. The van der Waals surface area contributed by atoms with Crippen LogP contribution in [0, 0.1) is 17.2 Å². The minimum atomic E-state index is -5.11. The molecule has 0 heterocycles. The zero-order valence-electron chi connectivity index (χ0n) is 14.2. The normalized spacial score (nSPS) is 25.6. The Balaban J connectivity index is 2.30. The Morgan fingerprint density at radius 3 is 2.30 bits per heavy atom. The molecular formula is C19H16F4O4. The summed E-state index contributed by atoms with van der Waals surface area (Å²) in [6.07, 6.45) is -1.05. The van der Waals surface area contributed by atoms with Crippen LogP contribution in [-0.4, -0.2) is 22.2 Å². The van der Waals surface area contributed by atoms with Gasteiger partial charge in [-0.3, -0.25) is 4.79 Å². The van der Waals surface area contributed by atoms with Gasteiger partial charge in [0.2, 0.25) is 0 Å². The first-order valence-corrected chi connectivity index (χ1v) is 8.23.